The highest BCUT2D eigenvalue weighted by molar-refractivity contribution is 5.67. The van der Waals surface area contributed by atoms with Crippen LogP contribution in [0.5, 0.6) is 5.75 Å². The van der Waals surface area contributed by atoms with Crippen LogP contribution in [0.3, 0.4) is 0 Å². The molecule has 3 heteroatoms. The van der Waals surface area contributed by atoms with Crippen LogP contribution in [-0.4, -0.2) is 16.2 Å². The van der Waals surface area contributed by atoms with Crippen LogP contribution in [0.15, 0.2) is 24.3 Å². The predicted octanol–water partition coefficient (Wildman–Crippen LogP) is 1.41. The van der Waals surface area contributed by atoms with Crippen molar-refractivity contribution in [2.75, 3.05) is 0 Å². The molecule has 2 N–H and O–H groups in total. The molecule has 0 atom stereocenters. The first-order valence-corrected chi connectivity index (χ1v) is 3.43. The Labute approximate surface area is 73.1 Å². The van der Waals surface area contributed by atoms with Crippen LogP contribution in [0.1, 0.15) is 14.7 Å². The largest absolute Gasteiger partial charge is 0.508 e. The number of phenols is 1. The third-order valence-electron chi connectivity index (χ3n) is 1.38. The fraction of sp³-hybridized carbons (Fsp3) is 0.222. The second-order valence-corrected chi connectivity index (χ2v) is 2.33. The van der Waals surface area contributed by atoms with Crippen LogP contribution in [0.25, 0.3) is 0 Å². The van der Waals surface area contributed by atoms with Gasteiger partial charge in [0.1, 0.15) is 5.75 Å². The van der Waals surface area contributed by atoms with Gasteiger partial charge in [-0.3, -0.25) is 4.79 Å². The second-order valence-electron chi connectivity index (χ2n) is 2.33. The maximum Gasteiger partial charge on any atom is 0.303 e. The van der Waals surface area contributed by atoms with E-state index in [1.165, 1.54) is 24.3 Å². The second kappa shape index (κ2) is 3.76. The minimum Gasteiger partial charge on any atom is -0.508 e. The van der Waals surface area contributed by atoms with Gasteiger partial charge in [0.2, 0.25) is 0 Å². The molecule has 0 aromatic heterocycles. The van der Waals surface area contributed by atoms with Gasteiger partial charge in [-0.25, -0.2) is 0 Å². The number of phenolic OH excluding ortho intramolecular Hbond substituents is 1. The first-order chi connectivity index (χ1) is 6.42. The van der Waals surface area contributed by atoms with E-state index in [0.29, 0.717) is 5.56 Å². The molecule has 0 aliphatic rings. The summed E-state index contributed by atoms with van der Waals surface area (Å²) in [4.78, 5) is 10.5. The number of rotatable bonds is 3. The number of aryl methyl sites for hydroxylation is 1. The molecule has 3 nitrogen and oxygen atoms in total. The maximum absolute atomic E-state index is 10.5. The minimum atomic E-state index is -2.27. The Morgan fingerprint density at radius 2 is 2.00 bits per heavy atom. The van der Waals surface area contributed by atoms with Gasteiger partial charge in [-0.05, 0) is 24.1 Å². The van der Waals surface area contributed by atoms with E-state index in [2.05, 4.69) is 0 Å². The van der Waals surface area contributed by atoms with E-state index in [-0.39, 0.29) is 12.2 Å². The number of hydrogen-bond acceptors (Lipinski definition) is 2. The molecular formula is C9H10O3. The molecule has 1 aromatic rings. The fourth-order valence-corrected chi connectivity index (χ4v) is 0.791. The van der Waals surface area contributed by atoms with Crippen LogP contribution in [-0.2, 0) is 11.2 Å². The van der Waals surface area contributed by atoms with Crippen LogP contribution in [0, 0.1) is 0 Å². The summed E-state index contributed by atoms with van der Waals surface area (Å²) in [5.41, 5.74) is 0.537. The Bertz CT molecular complexity index is 332. The average Bonchev–Trinajstić information content (AvgIpc) is 2.08. The number of hydrogen-bond donors (Lipinski definition) is 2. The molecule has 0 amide bonds. The molecule has 0 aliphatic heterocycles. The average molecular weight is 168 g/mol. The minimum absolute atomic E-state index is 0.0737. The van der Waals surface area contributed by atoms with Crippen molar-refractivity contribution >= 4 is 5.97 Å². The zero-order valence-corrected chi connectivity index (χ0v) is 6.32. The quantitative estimate of drug-likeness (QED) is 0.717. The molecule has 0 unspecified atom stereocenters. The van der Waals surface area contributed by atoms with E-state index in [4.69, 9.17) is 13.0 Å². The lowest BCUT2D eigenvalue weighted by atomic mass is 10.1. The molecule has 1 rings (SSSR count). The molecule has 12 heavy (non-hydrogen) atoms. The molecule has 0 saturated heterocycles. The monoisotopic (exact) mass is 168 g/mol. The van der Waals surface area contributed by atoms with Crippen molar-refractivity contribution in [2.24, 2.45) is 0 Å². The van der Waals surface area contributed by atoms with Crippen molar-refractivity contribution in [3.05, 3.63) is 29.8 Å². The molecule has 0 spiro atoms. The Balaban J connectivity index is 2.79. The van der Waals surface area contributed by atoms with Crippen molar-refractivity contribution in [2.45, 2.75) is 12.8 Å². The number of benzene rings is 1. The van der Waals surface area contributed by atoms with Gasteiger partial charge < -0.3 is 10.2 Å². The predicted molar refractivity (Wildman–Crippen MR) is 44.1 cm³/mol. The topological polar surface area (TPSA) is 57.5 Å². The molecule has 64 valence electrons. The summed E-state index contributed by atoms with van der Waals surface area (Å²) in [7, 11) is 0. The summed E-state index contributed by atoms with van der Waals surface area (Å²) in [6.07, 6.45) is -2.47. The number of aromatic hydroxyl groups is 1. The first kappa shape index (κ1) is 6.06. The lowest BCUT2D eigenvalue weighted by Gasteiger charge is -1.97. The van der Waals surface area contributed by atoms with E-state index in [1.54, 1.807) is 0 Å². The summed E-state index contributed by atoms with van der Waals surface area (Å²) in [6, 6.07) is 5.78. The highest BCUT2D eigenvalue weighted by Crippen LogP contribution is 2.10. The summed E-state index contributed by atoms with van der Waals surface area (Å²) >= 11 is 0. The molecule has 0 radical (unpaired) electrons. The molecular weight excluding hydrogens is 156 g/mol. The van der Waals surface area contributed by atoms with Crippen molar-refractivity contribution in [3.63, 3.8) is 0 Å². The zero-order valence-electron chi connectivity index (χ0n) is 8.32. The van der Waals surface area contributed by atoms with Gasteiger partial charge in [0.15, 0.2) is 0 Å². The van der Waals surface area contributed by atoms with Crippen LogP contribution in [0.2, 0.25) is 0 Å². The Morgan fingerprint density at radius 1 is 1.42 bits per heavy atom. The highest BCUT2D eigenvalue weighted by atomic mass is 16.4. The van der Waals surface area contributed by atoms with E-state index >= 15 is 0 Å². The normalized spacial score (nSPS) is 13.3. The lowest BCUT2D eigenvalue weighted by molar-refractivity contribution is -0.136. The number of carboxylic acids is 1. The van der Waals surface area contributed by atoms with Crippen molar-refractivity contribution in [3.8, 4) is 5.75 Å². The van der Waals surface area contributed by atoms with Gasteiger partial charge in [0.25, 0.3) is 0 Å². The highest BCUT2D eigenvalue weighted by Gasteiger charge is 1.98. The van der Waals surface area contributed by atoms with Crippen LogP contribution >= 0.6 is 0 Å². The smallest absolute Gasteiger partial charge is 0.303 e. The summed E-state index contributed by atoms with van der Waals surface area (Å²) in [5, 5.41) is 17.5. The lowest BCUT2D eigenvalue weighted by Crippen LogP contribution is -1.96. The first-order valence-electron chi connectivity index (χ1n) is 4.43. The van der Waals surface area contributed by atoms with Crippen molar-refractivity contribution in [1.82, 2.24) is 0 Å². The number of aliphatic carboxylic acids is 1. The van der Waals surface area contributed by atoms with Gasteiger partial charge in [-0.15, -0.1) is 0 Å². The van der Waals surface area contributed by atoms with E-state index in [0.717, 1.165) is 0 Å². The Kier molecular flexibility index (Phi) is 1.90. The molecule has 0 saturated carbocycles. The summed E-state index contributed by atoms with van der Waals surface area (Å²) in [5.74, 6) is -1.41. The van der Waals surface area contributed by atoms with Crippen LogP contribution in [0.4, 0.5) is 0 Å². The Morgan fingerprint density at radius 3 is 2.50 bits per heavy atom. The molecule has 0 aliphatic carbocycles. The van der Waals surface area contributed by atoms with Gasteiger partial charge in [0, 0.05) is 9.11 Å². The molecule has 0 heterocycles. The molecule has 1 aromatic carbocycles. The van der Waals surface area contributed by atoms with Crippen LogP contribution < -0.4 is 0 Å². The van der Waals surface area contributed by atoms with Crippen molar-refractivity contribution in [1.29, 1.82) is 0 Å². The van der Waals surface area contributed by atoms with Gasteiger partial charge in [-0.1, -0.05) is 12.1 Å². The fourth-order valence-electron chi connectivity index (χ4n) is 0.791. The third-order valence-corrected chi connectivity index (χ3v) is 1.38. The molecule has 0 fully saturated rings. The van der Waals surface area contributed by atoms with Gasteiger partial charge in [0.05, 0.1) is 0 Å². The zero-order chi connectivity index (χ0) is 10.8. The Hall–Kier alpha value is -1.51. The number of carboxylic acid groups (broad SMARTS) is 1. The van der Waals surface area contributed by atoms with Crippen molar-refractivity contribution < 1.29 is 17.7 Å². The SMILES string of the molecule is [2H]C([2H])(Cc1ccc(O)cc1)C(=O)O. The van der Waals surface area contributed by atoms with E-state index in [9.17, 15) is 4.79 Å². The summed E-state index contributed by atoms with van der Waals surface area (Å²) in [6.45, 7) is 0. The van der Waals surface area contributed by atoms with E-state index in [1.807, 2.05) is 0 Å². The van der Waals surface area contributed by atoms with Gasteiger partial charge in [-0.2, -0.15) is 0 Å². The number of carbonyl (C=O) groups is 1. The molecule has 0 bridgehead atoms. The maximum atomic E-state index is 10.5. The standard InChI is InChI=1S/C9H10O3/c10-8-4-1-7(2-5-8)3-6-9(11)12/h1-2,4-5,10H,3,6H2,(H,11,12)/i6D2. The third kappa shape index (κ3) is 2.62. The summed E-state index contributed by atoms with van der Waals surface area (Å²) < 4.78 is 14.4. The van der Waals surface area contributed by atoms with E-state index < -0.39 is 12.3 Å². The van der Waals surface area contributed by atoms with Gasteiger partial charge >= 0.3 is 5.97 Å².